The number of amides is 2. The van der Waals surface area contributed by atoms with Crippen molar-refractivity contribution in [3.8, 4) is 0 Å². The minimum Gasteiger partial charge on any atom is -0.395 e. The molecule has 1 aromatic carbocycles. The van der Waals surface area contributed by atoms with Gasteiger partial charge < -0.3 is 25.0 Å². The number of likely N-dealkylation sites (N-methyl/N-ethyl adjacent to an activating group) is 1. The lowest BCUT2D eigenvalue weighted by molar-refractivity contribution is -0.122. The number of hydrogen-bond acceptors (Lipinski definition) is 5. The largest absolute Gasteiger partial charge is 0.395 e. The zero-order chi connectivity index (χ0) is 20.4. The summed E-state index contributed by atoms with van der Waals surface area (Å²) in [6.45, 7) is 2.39. The summed E-state index contributed by atoms with van der Waals surface area (Å²) in [6.07, 6.45) is 5.51. The van der Waals surface area contributed by atoms with E-state index in [1.807, 2.05) is 12.1 Å². The Morgan fingerprint density at radius 1 is 1.21 bits per heavy atom. The van der Waals surface area contributed by atoms with E-state index in [0.29, 0.717) is 18.7 Å². The maximum atomic E-state index is 12.7. The molecule has 0 saturated heterocycles. The lowest BCUT2D eigenvalue weighted by Crippen LogP contribution is -2.36. The number of aliphatic hydroxyl groups is 1. The summed E-state index contributed by atoms with van der Waals surface area (Å²) in [5.41, 5.74) is 2.31. The molecule has 0 aromatic heterocycles. The fourth-order valence-electron chi connectivity index (χ4n) is 3.45. The highest BCUT2D eigenvalue weighted by Gasteiger charge is 2.21. The minimum atomic E-state index is -0.141. The lowest BCUT2D eigenvalue weighted by Gasteiger charge is -2.27. The van der Waals surface area contributed by atoms with Gasteiger partial charge in [-0.2, -0.15) is 0 Å². The Labute approximate surface area is 167 Å². The van der Waals surface area contributed by atoms with Crippen LogP contribution in [0.1, 0.15) is 48.0 Å². The van der Waals surface area contributed by atoms with Crippen molar-refractivity contribution in [1.82, 2.24) is 10.2 Å². The number of nitrogens with zero attached hydrogens (tertiary/aromatic N) is 2. The summed E-state index contributed by atoms with van der Waals surface area (Å²) in [6, 6.07) is 5.47. The smallest absolute Gasteiger partial charge is 0.253 e. The van der Waals surface area contributed by atoms with Gasteiger partial charge in [0.05, 0.1) is 6.61 Å². The average molecular weight is 392 g/mol. The Morgan fingerprint density at radius 2 is 1.96 bits per heavy atom. The molecule has 0 spiro atoms. The van der Waals surface area contributed by atoms with Gasteiger partial charge in [-0.05, 0) is 43.1 Å². The van der Waals surface area contributed by atoms with E-state index < -0.39 is 0 Å². The summed E-state index contributed by atoms with van der Waals surface area (Å²) in [5.74, 6) is -0.213. The Hall–Kier alpha value is -1.96. The van der Waals surface area contributed by atoms with Gasteiger partial charge in [-0.1, -0.05) is 19.3 Å². The number of ether oxygens (including phenoxy) is 1. The van der Waals surface area contributed by atoms with E-state index in [2.05, 4.69) is 5.32 Å². The van der Waals surface area contributed by atoms with Crippen LogP contribution in [0.5, 0.6) is 0 Å². The van der Waals surface area contributed by atoms with E-state index in [9.17, 15) is 9.59 Å². The fourth-order valence-corrected chi connectivity index (χ4v) is 3.45. The van der Waals surface area contributed by atoms with E-state index >= 15 is 0 Å². The van der Waals surface area contributed by atoms with Crippen molar-refractivity contribution >= 4 is 17.5 Å². The van der Waals surface area contributed by atoms with Crippen LogP contribution in [0, 0.1) is 0 Å². The highest BCUT2D eigenvalue weighted by Crippen LogP contribution is 2.25. The summed E-state index contributed by atoms with van der Waals surface area (Å²) in [5, 5.41) is 12.5. The molecular weight excluding hydrogens is 358 g/mol. The standard InChI is InChI=1S/C21H33N3O4/c1-23(12-13-25)21(27)17-8-9-19-18(14-17)15-22-10-6-4-3-5-7-11-24(19)20(26)16-28-2/h8-9,14,22,25H,3-7,10-13,15-16H2,1-2H3. The number of methoxy groups -OCH3 is 1. The first kappa shape index (κ1) is 22.3. The highest BCUT2D eigenvalue weighted by molar-refractivity contribution is 5.98. The van der Waals surface area contributed by atoms with E-state index in [1.165, 1.54) is 24.9 Å². The van der Waals surface area contributed by atoms with Gasteiger partial charge >= 0.3 is 0 Å². The molecule has 0 bridgehead atoms. The summed E-state index contributed by atoms with van der Waals surface area (Å²) in [4.78, 5) is 28.6. The molecule has 1 aromatic rings. The topological polar surface area (TPSA) is 82.1 Å². The number of carbonyl (C=O) groups excluding carboxylic acids is 2. The normalized spacial score (nSPS) is 15.9. The van der Waals surface area contributed by atoms with Crippen LogP contribution >= 0.6 is 0 Å². The molecule has 0 saturated carbocycles. The molecule has 1 heterocycles. The molecule has 2 N–H and O–H groups in total. The summed E-state index contributed by atoms with van der Waals surface area (Å²) in [7, 11) is 3.19. The minimum absolute atomic E-state index is 0.0345. The van der Waals surface area contributed by atoms with E-state index in [1.54, 1.807) is 18.0 Å². The number of rotatable bonds is 5. The van der Waals surface area contributed by atoms with Crippen molar-refractivity contribution in [3.05, 3.63) is 29.3 Å². The van der Waals surface area contributed by atoms with Crippen molar-refractivity contribution in [1.29, 1.82) is 0 Å². The van der Waals surface area contributed by atoms with Gasteiger partial charge in [-0.15, -0.1) is 0 Å². The fraction of sp³-hybridized carbons (Fsp3) is 0.619. The van der Waals surface area contributed by atoms with Crippen molar-refractivity contribution in [2.75, 3.05) is 51.9 Å². The van der Waals surface area contributed by atoms with Crippen LogP contribution in [0.3, 0.4) is 0 Å². The number of aliphatic hydroxyl groups excluding tert-OH is 1. The molecule has 0 fully saturated rings. The van der Waals surface area contributed by atoms with Crippen molar-refractivity contribution in [2.24, 2.45) is 0 Å². The predicted molar refractivity (Wildman–Crippen MR) is 110 cm³/mol. The molecule has 28 heavy (non-hydrogen) atoms. The molecule has 7 heteroatoms. The van der Waals surface area contributed by atoms with E-state index in [4.69, 9.17) is 9.84 Å². The number of nitrogens with one attached hydrogen (secondary N) is 1. The molecule has 2 rings (SSSR count). The van der Waals surface area contributed by atoms with Crippen LogP contribution in [0.25, 0.3) is 0 Å². The van der Waals surface area contributed by atoms with Crippen LogP contribution in [0.4, 0.5) is 5.69 Å². The highest BCUT2D eigenvalue weighted by atomic mass is 16.5. The molecule has 2 amide bonds. The number of hydrogen-bond donors (Lipinski definition) is 2. The van der Waals surface area contributed by atoms with Crippen molar-refractivity contribution in [2.45, 2.75) is 38.6 Å². The second-order valence-corrected chi connectivity index (χ2v) is 7.22. The summed E-state index contributed by atoms with van der Waals surface area (Å²) < 4.78 is 5.07. The van der Waals surface area contributed by atoms with Gasteiger partial charge in [0.1, 0.15) is 6.61 Å². The first-order chi connectivity index (χ1) is 13.6. The van der Waals surface area contributed by atoms with Gasteiger partial charge in [0.2, 0.25) is 0 Å². The third kappa shape index (κ3) is 6.29. The van der Waals surface area contributed by atoms with Gasteiger partial charge in [-0.25, -0.2) is 0 Å². The second kappa shape index (κ2) is 11.8. The van der Waals surface area contributed by atoms with Crippen LogP contribution in [-0.4, -0.2) is 68.8 Å². The first-order valence-corrected chi connectivity index (χ1v) is 10.1. The molecule has 0 unspecified atom stereocenters. The van der Waals surface area contributed by atoms with Crippen LogP contribution in [0.2, 0.25) is 0 Å². The number of carbonyl (C=O) groups is 2. The van der Waals surface area contributed by atoms with Gasteiger partial charge in [0, 0.05) is 45.0 Å². The quantitative estimate of drug-likeness (QED) is 0.800. The van der Waals surface area contributed by atoms with Crippen LogP contribution < -0.4 is 10.2 Å². The predicted octanol–water partition coefficient (Wildman–Crippen LogP) is 1.78. The Kier molecular flexibility index (Phi) is 9.40. The van der Waals surface area contributed by atoms with Crippen LogP contribution in [0.15, 0.2) is 18.2 Å². The molecule has 156 valence electrons. The SMILES string of the molecule is COCC(=O)N1CCCCCCCNCc2cc(C(=O)N(C)CCO)ccc21. The molecule has 1 aliphatic rings. The Balaban J connectivity index is 2.35. The molecule has 0 atom stereocenters. The summed E-state index contributed by atoms with van der Waals surface area (Å²) >= 11 is 0. The third-order valence-corrected chi connectivity index (χ3v) is 5.02. The molecule has 0 aliphatic carbocycles. The molecule has 0 radical (unpaired) electrons. The third-order valence-electron chi connectivity index (χ3n) is 5.02. The maximum Gasteiger partial charge on any atom is 0.253 e. The average Bonchev–Trinajstić information content (AvgIpc) is 2.68. The van der Waals surface area contributed by atoms with Gasteiger partial charge in [0.15, 0.2) is 0 Å². The second-order valence-electron chi connectivity index (χ2n) is 7.22. The van der Waals surface area contributed by atoms with Crippen LogP contribution in [-0.2, 0) is 16.1 Å². The van der Waals surface area contributed by atoms with Gasteiger partial charge in [-0.3, -0.25) is 9.59 Å². The zero-order valence-electron chi connectivity index (χ0n) is 17.1. The Morgan fingerprint density at radius 3 is 2.71 bits per heavy atom. The number of fused-ring (bicyclic) bond motifs is 1. The zero-order valence-corrected chi connectivity index (χ0v) is 17.1. The Bertz CT molecular complexity index is 651. The van der Waals surface area contributed by atoms with Gasteiger partial charge in [0.25, 0.3) is 11.8 Å². The lowest BCUT2D eigenvalue weighted by atomic mass is 10.0. The van der Waals surface area contributed by atoms with Crippen molar-refractivity contribution < 1.29 is 19.4 Å². The maximum absolute atomic E-state index is 12.7. The molecule has 1 aliphatic heterocycles. The molecular formula is C21H33N3O4. The van der Waals surface area contributed by atoms with Crippen molar-refractivity contribution in [3.63, 3.8) is 0 Å². The monoisotopic (exact) mass is 391 g/mol. The number of anilines is 1. The first-order valence-electron chi connectivity index (χ1n) is 10.1. The van der Waals surface area contributed by atoms with E-state index in [-0.39, 0.29) is 31.6 Å². The molecule has 7 nitrogen and oxygen atoms in total. The number of benzene rings is 1. The van der Waals surface area contributed by atoms with E-state index in [0.717, 1.165) is 37.1 Å².